The molecule has 0 aliphatic carbocycles. The highest BCUT2D eigenvalue weighted by molar-refractivity contribution is 5.59. The Labute approximate surface area is 75.3 Å². The summed E-state index contributed by atoms with van der Waals surface area (Å²) < 4.78 is 0. The standard InChI is InChI=1S/C11H15N.H2/c1-8-4-5-9-7-11(2,3)12-10(9)6-8;/h4-6,12H,7H2,1-3H3;1H. The highest BCUT2D eigenvalue weighted by atomic mass is 15.0. The molecule has 1 heteroatoms. The number of aryl methyl sites for hydroxylation is 1. The molecule has 0 fully saturated rings. The van der Waals surface area contributed by atoms with Gasteiger partial charge in [0.25, 0.3) is 0 Å². The first-order valence-corrected chi connectivity index (χ1v) is 4.45. The van der Waals surface area contributed by atoms with E-state index < -0.39 is 0 Å². The van der Waals surface area contributed by atoms with Gasteiger partial charge in [0.1, 0.15) is 0 Å². The van der Waals surface area contributed by atoms with Crippen molar-refractivity contribution in [2.24, 2.45) is 0 Å². The van der Waals surface area contributed by atoms with Crippen LogP contribution in [0.3, 0.4) is 0 Å². The normalized spacial score (nSPS) is 18.6. The van der Waals surface area contributed by atoms with Crippen molar-refractivity contribution in [2.75, 3.05) is 5.32 Å². The van der Waals surface area contributed by atoms with Gasteiger partial charge in [-0.05, 0) is 44.4 Å². The van der Waals surface area contributed by atoms with Crippen LogP contribution < -0.4 is 5.32 Å². The van der Waals surface area contributed by atoms with Crippen LogP contribution in [0.5, 0.6) is 0 Å². The molecule has 0 saturated carbocycles. The molecule has 0 amide bonds. The molecule has 1 heterocycles. The number of rotatable bonds is 0. The molecule has 66 valence electrons. The average molecular weight is 163 g/mol. The first-order valence-electron chi connectivity index (χ1n) is 4.45. The van der Waals surface area contributed by atoms with Crippen molar-refractivity contribution in [1.82, 2.24) is 0 Å². The van der Waals surface area contributed by atoms with Gasteiger partial charge in [-0.3, -0.25) is 0 Å². The van der Waals surface area contributed by atoms with E-state index in [1.165, 1.54) is 16.8 Å². The summed E-state index contributed by atoms with van der Waals surface area (Å²) in [7, 11) is 0. The number of benzene rings is 1. The Hall–Kier alpha value is -0.980. The summed E-state index contributed by atoms with van der Waals surface area (Å²) in [5, 5.41) is 3.51. The highest BCUT2D eigenvalue weighted by Gasteiger charge is 2.26. The Kier molecular flexibility index (Phi) is 1.44. The molecule has 0 unspecified atom stereocenters. The van der Waals surface area contributed by atoms with Crippen molar-refractivity contribution >= 4 is 5.69 Å². The molecule has 1 nitrogen and oxygen atoms in total. The molecule has 0 bridgehead atoms. The third kappa shape index (κ3) is 1.20. The summed E-state index contributed by atoms with van der Waals surface area (Å²) >= 11 is 0. The van der Waals surface area contributed by atoms with Gasteiger partial charge in [0.05, 0.1) is 0 Å². The second-order valence-electron chi connectivity index (χ2n) is 4.35. The highest BCUT2D eigenvalue weighted by Crippen LogP contribution is 2.32. The quantitative estimate of drug-likeness (QED) is 0.620. The molecule has 0 spiro atoms. The lowest BCUT2D eigenvalue weighted by Gasteiger charge is -2.17. The van der Waals surface area contributed by atoms with E-state index in [2.05, 4.69) is 44.3 Å². The second-order valence-corrected chi connectivity index (χ2v) is 4.35. The molecule has 1 aromatic carbocycles. The van der Waals surface area contributed by atoms with E-state index in [0.717, 1.165) is 6.42 Å². The largest absolute Gasteiger partial charge is 0.380 e. The Morgan fingerprint density at radius 1 is 1.42 bits per heavy atom. The molecule has 1 aliphatic heterocycles. The zero-order valence-corrected chi connectivity index (χ0v) is 7.94. The number of hydrogen-bond donors (Lipinski definition) is 1. The maximum atomic E-state index is 3.51. The number of fused-ring (bicyclic) bond motifs is 1. The van der Waals surface area contributed by atoms with E-state index in [1.54, 1.807) is 0 Å². The van der Waals surface area contributed by atoms with Gasteiger partial charge in [0.15, 0.2) is 0 Å². The maximum Gasteiger partial charge on any atom is 0.0380 e. The molecule has 1 N–H and O–H groups in total. The van der Waals surface area contributed by atoms with Crippen molar-refractivity contribution in [3.8, 4) is 0 Å². The van der Waals surface area contributed by atoms with E-state index in [4.69, 9.17) is 0 Å². The predicted molar refractivity (Wildman–Crippen MR) is 54.7 cm³/mol. The van der Waals surface area contributed by atoms with E-state index in [-0.39, 0.29) is 6.97 Å². The van der Waals surface area contributed by atoms with Crippen LogP contribution in [-0.4, -0.2) is 5.54 Å². The summed E-state index contributed by atoms with van der Waals surface area (Å²) in [4.78, 5) is 0. The van der Waals surface area contributed by atoms with E-state index in [1.807, 2.05) is 0 Å². The molecule has 12 heavy (non-hydrogen) atoms. The molecule has 0 aromatic heterocycles. The van der Waals surface area contributed by atoms with Gasteiger partial charge in [-0.1, -0.05) is 12.1 Å². The second kappa shape index (κ2) is 2.25. The summed E-state index contributed by atoms with van der Waals surface area (Å²) in [6.07, 6.45) is 1.14. The lowest BCUT2D eigenvalue weighted by molar-refractivity contribution is 0.594. The lowest BCUT2D eigenvalue weighted by Crippen LogP contribution is -2.27. The first-order chi connectivity index (χ1) is 5.57. The zero-order chi connectivity index (χ0) is 8.77. The molecule has 1 aliphatic rings. The number of anilines is 1. The fourth-order valence-corrected chi connectivity index (χ4v) is 1.85. The average Bonchev–Trinajstić information content (AvgIpc) is 2.21. The molecule has 1 aromatic rings. The molecular formula is C11H17N. The van der Waals surface area contributed by atoms with Crippen molar-refractivity contribution in [2.45, 2.75) is 32.7 Å². The van der Waals surface area contributed by atoms with Gasteiger partial charge < -0.3 is 5.32 Å². The minimum Gasteiger partial charge on any atom is -0.380 e. The van der Waals surface area contributed by atoms with Gasteiger partial charge >= 0.3 is 0 Å². The Morgan fingerprint density at radius 3 is 2.92 bits per heavy atom. The Bertz CT molecular complexity index is 318. The van der Waals surface area contributed by atoms with Crippen LogP contribution in [0.4, 0.5) is 5.69 Å². The lowest BCUT2D eigenvalue weighted by atomic mass is 10.0. The van der Waals surface area contributed by atoms with Gasteiger partial charge in [-0.15, -0.1) is 0 Å². The molecule has 2 rings (SSSR count). The summed E-state index contributed by atoms with van der Waals surface area (Å²) in [6, 6.07) is 6.64. The number of nitrogens with one attached hydrogen (secondary N) is 1. The molecule has 0 radical (unpaired) electrons. The molecule has 0 atom stereocenters. The monoisotopic (exact) mass is 163 g/mol. The van der Waals surface area contributed by atoms with Crippen molar-refractivity contribution < 1.29 is 1.43 Å². The van der Waals surface area contributed by atoms with Crippen molar-refractivity contribution in [3.63, 3.8) is 0 Å². The Balaban J connectivity index is 0.000000845. The molecular weight excluding hydrogens is 146 g/mol. The van der Waals surface area contributed by atoms with Gasteiger partial charge in [0, 0.05) is 12.7 Å². The van der Waals surface area contributed by atoms with E-state index >= 15 is 0 Å². The summed E-state index contributed by atoms with van der Waals surface area (Å²) in [5.41, 5.74) is 4.35. The third-order valence-electron chi connectivity index (χ3n) is 2.37. The maximum absolute atomic E-state index is 3.51. The van der Waals surface area contributed by atoms with Crippen LogP contribution in [0.1, 0.15) is 26.4 Å². The number of hydrogen-bond acceptors (Lipinski definition) is 1. The SMILES string of the molecule is Cc1ccc2c(c1)NC(C)(C)C2.[HH]. The summed E-state index contributed by atoms with van der Waals surface area (Å²) in [6.45, 7) is 6.61. The minimum absolute atomic E-state index is 0. The smallest absolute Gasteiger partial charge is 0.0380 e. The van der Waals surface area contributed by atoms with Crippen molar-refractivity contribution in [1.29, 1.82) is 0 Å². The third-order valence-corrected chi connectivity index (χ3v) is 2.37. The van der Waals surface area contributed by atoms with Crippen LogP contribution in [0.25, 0.3) is 0 Å². The van der Waals surface area contributed by atoms with Crippen molar-refractivity contribution in [3.05, 3.63) is 29.3 Å². The first kappa shape index (κ1) is 7.66. The van der Waals surface area contributed by atoms with E-state index in [0.29, 0.717) is 0 Å². The van der Waals surface area contributed by atoms with Crippen LogP contribution in [0, 0.1) is 6.92 Å². The Morgan fingerprint density at radius 2 is 2.17 bits per heavy atom. The van der Waals surface area contributed by atoms with Gasteiger partial charge in [0.2, 0.25) is 0 Å². The zero-order valence-electron chi connectivity index (χ0n) is 7.94. The minimum atomic E-state index is 0. The fourth-order valence-electron chi connectivity index (χ4n) is 1.85. The van der Waals surface area contributed by atoms with Crippen LogP contribution in [0.15, 0.2) is 18.2 Å². The van der Waals surface area contributed by atoms with Gasteiger partial charge in [-0.25, -0.2) is 0 Å². The predicted octanol–water partition coefficient (Wildman–Crippen LogP) is 2.99. The van der Waals surface area contributed by atoms with Crippen LogP contribution in [0.2, 0.25) is 0 Å². The van der Waals surface area contributed by atoms with Crippen LogP contribution >= 0.6 is 0 Å². The van der Waals surface area contributed by atoms with E-state index in [9.17, 15) is 0 Å². The van der Waals surface area contributed by atoms with Gasteiger partial charge in [-0.2, -0.15) is 0 Å². The van der Waals surface area contributed by atoms with Crippen LogP contribution in [-0.2, 0) is 6.42 Å². The topological polar surface area (TPSA) is 12.0 Å². The molecule has 0 saturated heterocycles. The summed E-state index contributed by atoms with van der Waals surface area (Å²) in [5.74, 6) is 0. The fraction of sp³-hybridized carbons (Fsp3) is 0.455.